The van der Waals surface area contributed by atoms with Gasteiger partial charge in [0, 0.05) is 13.0 Å². The van der Waals surface area contributed by atoms with Crippen molar-refractivity contribution in [2.45, 2.75) is 39.8 Å². The molecule has 0 aliphatic rings. The molecule has 2 nitrogen and oxygen atoms in total. The minimum absolute atomic E-state index is 0.0746. The fourth-order valence-corrected chi connectivity index (χ4v) is 2.12. The van der Waals surface area contributed by atoms with Crippen LogP contribution in [0.5, 0.6) is 0 Å². The van der Waals surface area contributed by atoms with Crippen molar-refractivity contribution >= 4 is 5.91 Å². The van der Waals surface area contributed by atoms with Crippen LogP contribution < -0.4 is 0 Å². The predicted octanol–water partition coefficient (Wildman–Crippen LogP) is 3.65. The number of aryl methyl sites for hydroxylation is 3. The summed E-state index contributed by atoms with van der Waals surface area (Å²) in [6, 6.07) is 5.88. The van der Waals surface area contributed by atoms with E-state index in [1.165, 1.54) is 0 Å². The van der Waals surface area contributed by atoms with Gasteiger partial charge in [0.05, 0.1) is 0 Å². The van der Waals surface area contributed by atoms with Crippen LogP contribution in [-0.4, -0.2) is 30.1 Å². The molecule has 0 saturated carbocycles. The molecule has 1 aromatic rings. The first-order valence-electron chi connectivity index (χ1n) is 6.63. The SMILES string of the molecule is CCN(CC(F)(F)F)C(=O)CCc1ccc(C)cc1C. The molecule has 0 bridgehead atoms. The van der Waals surface area contributed by atoms with Crippen LogP contribution in [0.3, 0.4) is 0 Å². The van der Waals surface area contributed by atoms with Crippen molar-refractivity contribution in [3.05, 3.63) is 34.9 Å². The highest BCUT2D eigenvalue weighted by Crippen LogP contribution is 2.18. The van der Waals surface area contributed by atoms with E-state index in [9.17, 15) is 18.0 Å². The van der Waals surface area contributed by atoms with Crippen LogP contribution in [0.25, 0.3) is 0 Å². The number of hydrogen-bond donors (Lipinski definition) is 0. The molecular formula is C15H20F3NO. The lowest BCUT2D eigenvalue weighted by Gasteiger charge is -2.22. The zero-order chi connectivity index (χ0) is 15.3. The van der Waals surface area contributed by atoms with E-state index in [1.807, 2.05) is 32.0 Å². The Balaban J connectivity index is 2.61. The van der Waals surface area contributed by atoms with Crippen molar-refractivity contribution in [3.8, 4) is 0 Å². The van der Waals surface area contributed by atoms with Gasteiger partial charge in [0.1, 0.15) is 6.54 Å². The molecule has 0 aromatic heterocycles. The minimum atomic E-state index is -4.34. The third kappa shape index (κ3) is 5.23. The van der Waals surface area contributed by atoms with Crippen LogP contribution in [0.1, 0.15) is 30.0 Å². The van der Waals surface area contributed by atoms with E-state index in [0.717, 1.165) is 21.6 Å². The summed E-state index contributed by atoms with van der Waals surface area (Å²) >= 11 is 0. The van der Waals surface area contributed by atoms with Crippen molar-refractivity contribution in [2.75, 3.05) is 13.1 Å². The van der Waals surface area contributed by atoms with E-state index in [-0.39, 0.29) is 13.0 Å². The fourth-order valence-electron chi connectivity index (χ4n) is 2.12. The van der Waals surface area contributed by atoms with Gasteiger partial charge in [-0.25, -0.2) is 0 Å². The first-order chi connectivity index (χ1) is 9.23. The van der Waals surface area contributed by atoms with Crippen LogP contribution in [0.2, 0.25) is 0 Å². The third-order valence-electron chi connectivity index (χ3n) is 3.21. The molecule has 1 amide bonds. The number of halogens is 3. The van der Waals surface area contributed by atoms with Gasteiger partial charge in [-0.2, -0.15) is 13.2 Å². The molecule has 0 radical (unpaired) electrons. The van der Waals surface area contributed by atoms with E-state index >= 15 is 0 Å². The molecule has 0 N–H and O–H groups in total. The smallest absolute Gasteiger partial charge is 0.334 e. The molecule has 0 atom stereocenters. The van der Waals surface area contributed by atoms with Crippen molar-refractivity contribution in [1.82, 2.24) is 4.90 Å². The predicted molar refractivity (Wildman–Crippen MR) is 72.5 cm³/mol. The molecule has 0 spiro atoms. The quantitative estimate of drug-likeness (QED) is 0.809. The van der Waals surface area contributed by atoms with Crippen molar-refractivity contribution < 1.29 is 18.0 Å². The molecule has 112 valence electrons. The summed E-state index contributed by atoms with van der Waals surface area (Å²) in [5.41, 5.74) is 3.20. The van der Waals surface area contributed by atoms with Gasteiger partial charge in [-0.15, -0.1) is 0 Å². The summed E-state index contributed by atoms with van der Waals surface area (Å²) in [4.78, 5) is 12.7. The summed E-state index contributed by atoms with van der Waals surface area (Å²) in [5.74, 6) is -0.454. The highest BCUT2D eigenvalue weighted by atomic mass is 19.4. The van der Waals surface area contributed by atoms with E-state index in [2.05, 4.69) is 0 Å². The fraction of sp³-hybridized carbons (Fsp3) is 0.533. The number of benzene rings is 1. The van der Waals surface area contributed by atoms with Gasteiger partial charge in [0.2, 0.25) is 5.91 Å². The summed E-state index contributed by atoms with van der Waals surface area (Å²) in [5, 5.41) is 0. The first-order valence-corrected chi connectivity index (χ1v) is 6.63. The third-order valence-corrected chi connectivity index (χ3v) is 3.21. The Morgan fingerprint density at radius 3 is 2.40 bits per heavy atom. The molecule has 0 heterocycles. The summed E-state index contributed by atoms with van der Waals surface area (Å²) in [7, 11) is 0. The second-order valence-corrected chi connectivity index (χ2v) is 4.95. The monoisotopic (exact) mass is 287 g/mol. The molecule has 0 fully saturated rings. The number of hydrogen-bond acceptors (Lipinski definition) is 1. The summed E-state index contributed by atoms with van der Waals surface area (Å²) < 4.78 is 37.0. The summed E-state index contributed by atoms with van der Waals surface area (Å²) in [6.45, 7) is 4.38. The zero-order valence-corrected chi connectivity index (χ0v) is 12.0. The van der Waals surface area contributed by atoms with Gasteiger partial charge in [-0.3, -0.25) is 4.79 Å². The average Bonchev–Trinajstić information content (AvgIpc) is 2.33. The van der Waals surface area contributed by atoms with Crippen LogP contribution in [0.4, 0.5) is 13.2 Å². The Kier molecular flexibility index (Phi) is 5.60. The van der Waals surface area contributed by atoms with E-state index in [1.54, 1.807) is 6.92 Å². The molecule has 0 unspecified atom stereocenters. The molecule has 0 aliphatic heterocycles. The number of alkyl halides is 3. The van der Waals surface area contributed by atoms with E-state index in [4.69, 9.17) is 0 Å². The molecule has 5 heteroatoms. The molecule has 20 heavy (non-hydrogen) atoms. The van der Waals surface area contributed by atoms with Crippen LogP contribution in [-0.2, 0) is 11.2 Å². The normalized spacial score (nSPS) is 11.5. The second kappa shape index (κ2) is 6.77. The van der Waals surface area contributed by atoms with Crippen molar-refractivity contribution in [2.24, 2.45) is 0 Å². The van der Waals surface area contributed by atoms with Crippen LogP contribution >= 0.6 is 0 Å². The zero-order valence-electron chi connectivity index (χ0n) is 12.0. The van der Waals surface area contributed by atoms with Crippen molar-refractivity contribution in [1.29, 1.82) is 0 Å². The van der Waals surface area contributed by atoms with Gasteiger partial charge >= 0.3 is 6.18 Å². The Hall–Kier alpha value is -1.52. The highest BCUT2D eigenvalue weighted by molar-refractivity contribution is 5.76. The van der Waals surface area contributed by atoms with Crippen molar-refractivity contribution in [3.63, 3.8) is 0 Å². The lowest BCUT2D eigenvalue weighted by molar-refractivity contribution is -0.160. The van der Waals surface area contributed by atoms with Gasteiger partial charge in [0.25, 0.3) is 0 Å². The largest absolute Gasteiger partial charge is 0.406 e. The van der Waals surface area contributed by atoms with E-state index < -0.39 is 18.6 Å². The van der Waals surface area contributed by atoms with Gasteiger partial charge in [-0.1, -0.05) is 23.8 Å². The Labute approximate surface area is 117 Å². The standard InChI is InChI=1S/C15H20F3NO/c1-4-19(10-15(16,17)18)14(20)8-7-13-6-5-11(2)9-12(13)3/h5-6,9H,4,7-8,10H2,1-3H3. The Bertz CT molecular complexity index is 469. The lowest BCUT2D eigenvalue weighted by atomic mass is 10.0. The summed E-state index contributed by atoms with van der Waals surface area (Å²) in [6.07, 6.45) is -3.77. The number of rotatable bonds is 5. The van der Waals surface area contributed by atoms with Gasteiger partial charge in [0.15, 0.2) is 0 Å². The Morgan fingerprint density at radius 1 is 1.25 bits per heavy atom. The number of nitrogens with zero attached hydrogens (tertiary/aromatic N) is 1. The first kappa shape index (κ1) is 16.5. The number of carbonyl (C=O) groups excluding carboxylic acids is 1. The minimum Gasteiger partial charge on any atom is -0.334 e. The lowest BCUT2D eigenvalue weighted by Crippen LogP contribution is -2.38. The molecular weight excluding hydrogens is 267 g/mol. The number of carbonyl (C=O) groups is 1. The number of amides is 1. The van der Waals surface area contributed by atoms with Crippen LogP contribution in [0.15, 0.2) is 18.2 Å². The van der Waals surface area contributed by atoms with Crippen LogP contribution in [0, 0.1) is 13.8 Å². The second-order valence-electron chi connectivity index (χ2n) is 4.95. The molecule has 1 aromatic carbocycles. The maximum absolute atomic E-state index is 12.3. The van der Waals surface area contributed by atoms with E-state index in [0.29, 0.717) is 6.42 Å². The molecule has 0 aliphatic carbocycles. The molecule has 1 rings (SSSR count). The molecule has 0 saturated heterocycles. The van der Waals surface area contributed by atoms with Gasteiger partial charge < -0.3 is 4.90 Å². The maximum atomic E-state index is 12.3. The highest BCUT2D eigenvalue weighted by Gasteiger charge is 2.32. The topological polar surface area (TPSA) is 20.3 Å². The average molecular weight is 287 g/mol. The maximum Gasteiger partial charge on any atom is 0.406 e. The van der Waals surface area contributed by atoms with Gasteiger partial charge in [-0.05, 0) is 38.3 Å². The Morgan fingerprint density at radius 2 is 1.90 bits per heavy atom.